The molecule has 158 valence electrons. The number of hydrogen-bond acceptors (Lipinski definition) is 5. The normalized spacial score (nSPS) is 11.9. The molecule has 1 atom stereocenters. The third-order valence-electron chi connectivity index (χ3n) is 4.86. The van der Waals surface area contributed by atoms with Crippen LogP contribution in [-0.4, -0.2) is 50.5 Å². The zero-order chi connectivity index (χ0) is 21.3. The van der Waals surface area contributed by atoms with E-state index in [0.29, 0.717) is 13.1 Å². The number of rotatable bonds is 10. The predicted octanol–water partition coefficient (Wildman–Crippen LogP) is 4.24. The first-order valence-electron chi connectivity index (χ1n) is 9.95. The molecule has 0 aliphatic heterocycles. The topological polar surface area (TPSA) is 51.2 Å². The van der Waals surface area contributed by atoms with E-state index < -0.39 is 6.10 Å². The maximum Gasteiger partial charge on any atom is 0.127 e. The minimum atomic E-state index is -0.604. The molecule has 0 radical (unpaired) electrons. The fourth-order valence-corrected chi connectivity index (χ4v) is 3.32. The van der Waals surface area contributed by atoms with Crippen LogP contribution in [0.5, 0.6) is 17.2 Å². The molecule has 0 saturated heterocycles. The summed E-state index contributed by atoms with van der Waals surface area (Å²) in [5.74, 6) is 2.27. The lowest BCUT2D eigenvalue weighted by molar-refractivity contribution is 0.0742. The van der Waals surface area contributed by atoms with E-state index >= 15 is 0 Å². The number of methoxy groups -OCH3 is 2. The van der Waals surface area contributed by atoms with E-state index in [1.165, 1.54) is 5.56 Å². The van der Waals surface area contributed by atoms with E-state index in [2.05, 4.69) is 12.1 Å². The molecule has 0 fully saturated rings. The molecule has 0 spiro atoms. The van der Waals surface area contributed by atoms with Crippen LogP contribution in [0.4, 0.5) is 0 Å². The van der Waals surface area contributed by atoms with Gasteiger partial charge < -0.3 is 19.3 Å². The van der Waals surface area contributed by atoms with Gasteiger partial charge in [0.05, 0.1) is 14.2 Å². The largest absolute Gasteiger partial charge is 0.497 e. The van der Waals surface area contributed by atoms with Gasteiger partial charge in [-0.15, -0.1) is 0 Å². The molecular weight excluding hydrogens is 378 g/mol. The van der Waals surface area contributed by atoms with Gasteiger partial charge in [0.15, 0.2) is 0 Å². The maximum atomic E-state index is 10.4. The molecule has 3 rings (SSSR count). The number of aliphatic hydroxyl groups excluding tert-OH is 1. The SMILES string of the molecule is COc1ccc(CN(C)CC(O)COc2ccc(-c3ccccc3)cc2)c(OC)c1. The summed E-state index contributed by atoms with van der Waals surface area (Å²) in [5, 5.41) is 10.4. The lowest BCUT2D eigenvalue weighted by Crippen LogP contribution is -2.32. The van der Waals surface area contributed by atoms with Crippen LogP contribution >= 0.6 is 0 Å². The van der Waals surface area contributed by atoms with Gasteiger partial charge in [-0.1, -0.05) is 48.5 Å². The molecule has 5 heteroatoms. The molecular formula is C25H29NO4. The van der Waals surface area contributed by atoms with Gasteiger partial charge in [0.25, 0.3) is 0 Å². The summed E-state index contributed by atoms with van der Waals surface area (Å²) in [7, 11) is 5.23. The van der Waals surface area contributed by atoms with Crippen LogP contribution in [0.3, 0.4) is 0 Å². The predicted molar refractivity (Wildman–Crippen MR) is 119 cm³/mol. The minimum absolute atomic E-state index is 0.231. The molecule has 3 aromatic carbocycles. The first kappa shape index (κ1) is 21.7. The second-order valence-corrected chi connectivity index (χ2v) is 7.23. The first-order chi connectivity index (χ1) is 14.6. The zero-order valence-corrected chi connectivity index (χ0v) is 17.7. The molecule has 3 aromatic rings. The molecule has 0 bridgehead atoms. The Morgan fingerprint density at radius 2 is 1.50 bits per heavy atom. The molecule has 30 heavy (non-hydrogen) atoms. The summed E-state index contributed by atoms with van der Waals surface area (Å²) in [6.45, 7) is 1.36. The highest BCUT2D eigenvalue weighted by atomic mass is 16.5. The van der Waals surface area contributed by atoms with Gasteiger partial charge >= 0.3 is 0 Å². The monoisotopic (exact) mass is 407 g/mol. The highest BCUT2D eigenvalue weighted by Crippen LogP contribution is 2.26. The Kier molecular flexibility index (Phi) is 7.71. The van der Waals surface area contributed by atoms with Crippen LogP contribution in [0, 0.1) is 0 Å². The summed E-state index contributed by atoms with van der Waals surface area (Å²) in [4.78, 5) is 2.04. The Balaban J connectivity index is 1.49. The number of nitrogens with zero attached hydrogens (tertiary/aromatic N) is 1. The lowest BCUT2D eigenvalue weighted by Gasteiger charge is -2.22. The van der Waals surface area contributed by atoms with Crippen LogP contribution in [0.15, 0.2) is 72.8 Å². The van der Waals surface area contributed by atoms with Crippen molar-refractivity contribution in [3.05, 3.63) is 78.4 Å². The summed E-state index contributed by atoms with van der Waals surface area (Å²) < 4.78 is 16.5. The standard InChI is InChI=1S/C25H29NO4/c1-26(16-21-11-14-24(28-2)15-25(21)29-3)17-22(27)18-30-23-12-9-20(10-13-23)19-7-5-4-6-8-19/h4-15,22,27H,16-18H2,1-3H3. The summed E-state index contributed by atoms with van der Waals surface area (Å²) >= 11 is 0. The van der Waals surface area contributed by atoms with Crippen molar-refractivity contribution in [1.82, 2.24) is 4.90 Å². The highest BCUT2D eigenvalue weighted by molar-refractivity contribution is 5.63. The van der Waals surface area contributed by atoms with Crippen molar-refractivity contribution in [2.24, 2.45) is 0 Å². The van der Waals surface area contributed by atoms with Crippen LogP contribution in [0.25, 0.3) is 11.1 Å². The fourth-order valence-electron chi connectivity index (χ4n) is 3.32. The Morgan fingerprint density at radius 3 is 2.17 bits per heavy atom. The number of likely N-dealkylation sites (N-methyl/N-ethyl adjacent to an activating group) is 1. The molecule has 0 heterocycles. The van der Waals surface area contributed by atoms with Crippen molar-refractivity contribution in [2.45, 2.75) is 12.6 Å². The van der Waals surface area contributed by atoms with Crippen LogP contribution in [0.2, 0.25) is 0 Å². The van der Waals surface area contributed by atoms with Crippen molar-refractivity contribution in [2.75, 3.05) is 34.4 Å². The molecule has 5 nitrogen and oxygen atoms in total. The van der Waals surface area contributed by atoms with Gasteiger partial charge in [0, 0.05) is 24.7 Å². The van der Waals surface area contributed by atoms with Crippen molar-refractivity contribution in [3.8, 4) is 28.4 Å². The number of aliphatic hydroxyl groups is 1. The average molecular weight is 408 g/mol. The first-order valence-corrected chi connectivity index (χ1v) is 9.95. The van der Waals surface area contributed by atoms with Gasteiger partial charge in [0.1, 0.15) is 30.0 Å². The minimum Gasteiger partial charge on any atom is -0.497 e. The van der Waals surface area contributed by atoms with E-state index in [0.717, 1.165) is 28.4 Å². The molecule has 0 aromatic heterocycles. The number of benzene rings is 3. The smallest absolute Gasteiger partial charge is 0.127 e. The Labute approximate surface area is 178 Å². The third-order valence-corrected chi connectivity index (χ3v) is 4.86. The Morgan fingerprint density at radius 1 is 0.833 bits per heavy atom. The molecule has 0 aliphatic rings. The van der Waals surface area contributed by atoms with Gasteiger partial charge in [-0.05, 0) is 36.4 Å². The van der Waals surface area contributed by atoms with Crippen molar-refractivity contribution in [1.29, 1.82) is 0 Å². The molecule has 1 unspecified atom stereocenters. The maximum absolute atomic E-state index is 10.4. The van der Waals surface area contributed by atoms with Crippen LogP contribution in [-0.2, 0) is 6.54 Å². The summed E-state index contributed by atoms with van der Waals surface area (Å²) in [5.41, 5.74) is 3.33. The zero-order valence-electron chi connectivity index (χ0n) is 17.7. The van der Waals surface area contributed by atoms with Crippen molar-refractivity contribution in [3.63, 3.8) is 0 Å². The van der Waals surface area contributed by atoms with Crippen molar-refractivity contribution >= 4 is 0 Å². The van der Waals surface area contributed by atoms with Gasteiger partial charge in [-0.3, -0.25) is 4.90 Å². The molecule has 0 amide bonds. The van der Waals surface area contributed by atoms with E-state index in [-0.39, 0.29) is 6.61 Å². The lowest BCUT2D eigenvalue weighted by atomic mass is 10.1. The fraction of sp³-hybridized carbons (Fsp3) is 0.280. The van der Waals surface area contributed by atoms with Gasteiger partial charge in [-0.25, -0.2) is 0 Å². The molecule has 1 N–H and O–H groups in total. The molecule has 0 aliphatic carbocycles. The van der Waals surface area contributed by atoms with E-state index in [1.54, 1.807) is 14.2 Å². The molecule has 0 saturated carbocycles. The number of hydrogen-bond donors (Lipinski definition) is 1. The third kappa shape index (κ3) is 5.99. The van der Waals surface area contributed by atoms with Gasteiger partial charge in [-0.2, -0.15) is 0 Å². The summed E-state index contributed by atoms with van der Waals surface area (Å²) in [6, 6.07) is 23.9. The number of ether oxygens (including phenoxy) is 3. The van der Waals surface area contributed by atoms with Crippen LogP contribution in [0.1, 0.15) is 5.56 Å². The van der Waals surface area contributed by atoms with E-state index in [1.807, 2.05) is 72.6 Å². The highest BCUT2D eigenvalue weighted by Gasteiger charge is 2.13. The van der Waals surface area contributed by atoms with Crippen molar-refractivity contribution < 1.29 is 19.3 Å². The summed E-state index contributed by atoms with van der Waals surface area (Å²) in [6.07, 6.45) is -0.604. The van der Waals surface area contributed by atoms with E-state index in [9.17, 15) is 5.11 Å². The Bertz CT molecular complexity index is 912. The second-order valence-electron chi connectivity index (χ2n) is 7.23. The Hall–Kier alpha value is -3.02. The second kappa shape index (κ2) is 10.7. The van der Waals surface area contributed by atoms with Gasteiger partial charge in [0.2, 0.25) is 0 Å². The van der Waals surface area contributed by atoms with Crippen LogP contribution < -0.4 is 14.2 Å². The average Bonchev–Trinajstić information content (AvgIpc) is 2.79. The van der Waals surface area contributed by atoms with E-state index in [4.69, 9.17) is 14.2 Å². The quantitative estimate of drug-likeness (QED) is 0.545.